The number of ether oxygens (including phenoxy) is 1. The Morgan fingerprint density at radius 3 is 2.47 bits per heavy atom. The third kappa shape index (κ3) is 5.10. The van der Waals surface area contributed by atoms with E-state index in [1.807, 2.05) is 32.9 Å². The minimum Gasteiger partial charge on any atom is -0.512 e. The van der Waals surface area contributed by atoms with Crippen molar-refractivity contribution in [1.29, 1.82) is 0 Å². The molecule has 1 atom stereocenters. The van der Waals surface area contributed by atoms with E-state index in [1.54, 1.807) is 11.3 Å². The monoisotopic (exact) mass is 456 g/mol. The van der Waals surface area contributed by atoms with Gasteiger partial charge in [-0.25, -0.2) is 4.79 Å². The van der Waals surface area contributed by atoms with E-state index in [4.69, 9.17) is 4.74 Å². The fourth-order valence-electron chi connectivity index (χ4n) is 4.52. The summed E-state index contributed by atoms with van der Waals surface area (Å²) >= 11 is 1.66. The molecule has 0 radical (unpaired) electrons. The molecule has 0 unspecified atom stereocenters. The van der Waals surface area contributed by atoms with E-state index in [0.29, 0.717) is 24.8 Å². The highest BCUT2D eigenvalue weighted by atomic mass is 32.1. The summed E-state index contributed by atoms with van der Waals surface area (Å²) in [6, 6.07) is 6.15. The molecule has 2 aromatic rings. The van der Waals surface area contributed by atoms with Gasteiger partial charge in [-0.15, -0.1) is 0 Å². The lowest BCUT2D eigenvalue weighted by Gasteiger charge is -2.40. The van der Waals surface area contributed by atoms with E-state index in [-0.39, 0.29) is 23.7 Å². The Morgan fingerprint density at radius 1 is 1.22 bits per heavy atom. The molecule has 1 aromatic heterocycles. The molecule has 0 saturated heterocycles. The van der Waals surface area contributed by atoms with Crippen molar-refractivity contribution in [3.63, 3.8) is 0 Å². The van der Waals surface area contributed by atoms with Crippen LogP contribution in [0.15, 0.2) is 40.3 Å². The zero-order chi connectivity index (χ0) is 23.7. The van der Waals surface area contributed by atoms with E-state index < -0.39 is 11.6 Å². The number of hydrogen-bond donors (Lipinski definition) is 2. The molecule has 3 rings (SSSR count). The number of cyclic esters (lactones) is 1. The second-order valence-electron chi connectivity index (χ2n) is 10.4. The highest BCUT2D eigenvalue weighted by molar-refractivity contribution is 7.07. The van der Waals surface area contributed by atoms with Crippen molar-refractivity contribution in [1.82, 2.24) is 0 Å². The Labute approximate surface area is 196 Å². The molecule has 0 fully saturated rings. The molecular formula is C27H36O4S. The number of carbonyl (C=O) groups excluding carboxylic acids is 1. The van der Waals surface area contributed by atoms with E-state index >= 15 is 0 Å². The van der Waals surface area contributed by atoms with Gasteiger partial charge in [0.25, 0.3) is 0 Å². The van der Waals surface area contributed by atoms with Gasteiger partial charge in [-0.2, -0.15) is 11.3 Å². The van der Waals surface area contributed by atoms with Gasteiger partial charge in [0.1, 0.15) is 11.4 Å². The number of aliphatic hydroxyl groups excluding tert-OH is 2. The molecule has 1 aliphatic rings. The normalized spacial score (nSPS) is 19.6. The summed E-state index contributed by atoms with van der Waals surface area (Å²) in [6.45, 7) is 12.4. The molecule has 2 N–H and O–H groups in total. The van der Waals surface area contributed by atoms with Gasteiger partial charge in [0.05, 0.1) is 12.2 Å². The fourth-order valence-corrected chi connectivity index (χ4v) is 5.23. The van der Waals surface area contributed by atoms with Crippen molar-refractivity contribution in [2.24, 2.45) is 5.92 Å². The largest absolute Gasteiger partial charge is 0.512 e. The molecule has 2 heterocycles. The molecular weight excluding hydrogens is 420 g/mol. The van der Waals surface area contributed by atoms with Gasteiger partial charge < -0.3 is 14.9 Å². The van der Waals surface area contributed by atoms with Crippen LogP contribution >= 0.6 is 11.3 Å². The van der Waals surface area contributed by atoms with Crippen LogP contribution in [0.4, 0.5) is 0 Å². The molecule has 0 aliphatic carbocycles. The molecule has 174 valence electrons. The topological polar surface area (TPSA) is 66.8 Å². The summed E-state index contributed by atoms with van der Waals surface area (Å²) in [5.74, 6) is -0.189. The van der Waals surface area contributed by atoms with Gasteiger partial charge in [0.15, 0.2) is 0 Å². The number of thiophene rings is 1. The van der Waals surface area contributed by atoms with Gasteiger partial charge in [-0.3, -0.25) is 0 Å². The SMILES string of the molecule is Cc1cc(CC2=C(O)C[C@@](CCc3ccsc3)(C(C)C)OC2=O)c(C(C)(C)C)cc1CO. The Hall–Kier alpha value is -2.11. The summed E-state index contributed by atoms with van der Waals surface area (Å²) in [6.07, 6.45) is 2.16. The molecule has 0 saturated carbocycles. The second kappa shape index (κ2) is 9.40. The quantitative estimate of drug-likeness (QED) is 0.489. The second-order valence-corrected chi connectivity index (χ2v) is 11.1. The van der Waals surface area contributed by atoms with Crippen LogP contribution in [-0.2, 0) is 34.4 Å². The predicted molar refractivity (Wildman–Crippen MR) is 130 cm³/mol. The Kier molecular flexibility index (Phi) is 7.21. The average molecular weight is 457 g/mol. The zero-order valence-electron chi connectivity index (χ0n) is 20.1. The van der Waals surface area contributed by atoms with Crippen molar-refractivity contribution in [3.05, 3.63) is 68.1 Å². The molecule has 1 aromatic carbocycles. The van der Waals surface area contributed by atoms with E-state index in [2.05, 4.69) is 37.6 Å². The molecule has 0 spiro atoms. The number of aliphatic hydroxyl groups is 2. The van der Waals surface area contributed by atoms with E-state index in [0.717, 1.165) is 28.7 Å². The van der Waals surface area contributed by atoms with Crippen LogP contribution < -0.4 is 0 Å². The number of carbonyl (C=O) groups is 1. The third-order valence-corrected chi connectivity index (χ3v) is 7.47. The maximum Gasteiger partial charge on any atom is 0.338 e. The van der Waals surface area contributed by atoms with Gasteiger partial charge in [0, 0.05) is 12.8 Å². The third-order valence-electron chi connectivity index (χ3n) is 6.73. The zero-order valence-corrected chi connectivity index (χ0v) is 20.9. The van der Waals surface area contributed by atoms with Crippen molar-refractivity contribution < 1.29 is 19.7 Å². The average Bonchev–Trinajstić information content (AvgIpc) is 3.22. The lowest BCUT2D eigenvalue weighted by atomic mass is 9.77. The first-order valence-electron chi connectivity index (χ1n) is 11.4. The molecule has 0 amide bonds. The van der Waals surface area contributed by atoms with Gasteiger partial charge in [0.2, 0.25) is 0 Å². The number of esters is 1. The van der Waals surface area contributed by atoms with E-state index in [1.165, 1.54) is 5.56 Å². The van der Waals surface area contributed by atoms with Crippen LogP contribution in [0.5, 0.6) is 0 Å². The molecule has 1 aliphatic heterocycles. The number of rotatable bonds is 7. The van der Waals surface area contributed by atoms with Gasteiger partial charge in [-0.05, 0) is 75.7 Å². The number of hydrogen-bond acceptors (Lipinski definition) is 5. The van der Waals surface area contributed by atoms with Crippen LogP contribution in [0.2, 0.25) is 0 Å². The number of benzene rings is 1. The highest BCUT2D eigenvalue weighted by Crippen LogP contribution is 2.40. The first-order valence-corrected chi connectivity index (χ1v) is 12.3. The minimum absolute atomic E-state index is 0.0216. The smallest absolute Gasteiger partial charge is 0.338 e. The molecule has 5 heteroatoms. The summed E-state index contributed by atoms with van der Waals surface area (Å²) in [5, 5.41) is 24.9. The van der Waals surface area contributed by atoms with Crippen LogP contribution in [0, 0.1) is 12.8 Å². The summed E-state index contributed by atoms with van der Waals surface area (Å²) in [5.41, 5.74) is 4.63. The standard InChI is InChI=1S/C27H36O4S/c1-17(2)27(9-7-19-8-10-32-16-19)14-24(29)22(25(30)31-27)12-20-11-18(3)21(15-28)13-23(20)26(4,5)6/h8,10-11,13,16-17,28-29H,7,9,12,14-15H2,1-6H3/t27-/m0/s1. The van der Waals surface area contributed by atoms with Crippen molar-refractivity contribution >= 4 is 17.3 Å². The number of aryl methyl sites for hydroxylation is 2. The van der Waals surface area contributed by atoms with Crippen molar-refractivity contribution in [2.45, 2.75) is 84.8 Å². The maximum absolute atomic E-state index is 13.2. The first-order chi connectivity index (χ1) is 15.0. The Balaban J connectivity index is 1.93. The maximum atomic E-state index is 13.2. The minimum atomic E-state index is -0.698. The van der Waals surface area contributed by atoms with Crippen molar-refractivity contribution in [2.75, 3.05) is 0 Å². The predicted octanol–water partition coefficient (Wildman–Crippen LogP) is 6.18. The summed E-state index contributed by atoms with van der Waals surface area (Å²) in [7, 11) is 0. The lowest BCUT2D eigenvalue weighted by Crippen LogP contribution is -2.45. The lowest BCUT2D eigenvalue weighted by molar-refractivity contribution is -0.166. The van der Waals surface area contributed by atoms with Crippen LogP contribution in [0.1, 0.15) is 75.3 Å². The van der Waals surface area contributed by atoms with Crippen LogP contribution in [-0.4, -0.2) is 21.8 Å². The molecule has 4 nitrogen and oxygen atoms in total. The van der Waals surface area contributed by atoms with Gasteiger partial charge >= 0.3 is 5.97 Å². The molecule has 32 heavy (non-hydrogen) atoms. The summed E-state index contributed by atoms with van der Waals surface area (Å²) in [4.78, 5) is 13.2. The highest BCUT2D eigenvalue weighted by Gasteiger charge is 2.44. The van der Waals surface area contributed by atoms with Crippen LogP contribution in [0.25, 0.3) is 0 Å². The van der Waals surface area contributed by atoms with Gasteiger partial charge in [-0.1, -0.05) is 46.8 Å². The molecule has 0 bridgehead atoms. The summed E-state index contributed by atoms with van der Waals surface area (Å²) < 4.78 is 6.10. The fraction of sp³-hybridized carbons (Fsp3) is 0.519. The first kappa shape index (κ1) is 24.5. The van der Waals surface area contributed by atoms with Crippen LogP contribution in [0.3, 0.4) is 0 Å². The Morgan fingerprint density at radius 2 is 1.94 bits per heavy atom. The van der Waals surface area contributed by atoms with Crippen molar-refractivity contribution in [3.8, 4) is 0 Å². The Bertz CT molecular complexity index is 995. The van der Waals surface area contributed by atoms with E-state index in [9.17, 15) is 15.0 Å².